The normalized spacial score (nSPS) is 17.9. The first-order valence-corrected chi connectivity index (χ1v) is 8.07. The van der Waals surface area contributed by atoms with Crippen molar-refractivity contribution >= 4 is 17.2 Å². The summed E-state index contributed by atoms with van der Waals surface area (Å²) < 4.78 is 0. The Kier molecular flexibility index (Phi) is 4.26. The molecule has 2 aromatic heterocycles. The number of carbonyl (C=O) groups is 1. The summed E-state index contributed by atoms with van der Waals surface area (Å²) in [4.78, 5) is 13.4. The van der Waals surface area contributed by atoms with Crippen molar-refractivity contribution in [3.63, 3.8) is 0 Å². The first-order valence-electron chi connectivity index (χ1n) is 7.19. The van der Waals surface area contributed by atoms with Gasteiger partial charge in [0.1, 0.15) is 0 Å². The van der Waals surface area contributed by atoms with E-state index in [4.69, 9.17) is 0 Å². The average Bonchev–Trinajstić information content (AvgIpc) is 3.18. The fourth-order valence-electron chi connectivity index (χ4n) is 2.34. The third-order valence-corrected chi connectivity index (χ3v) is 4.67. The molecule has 1 atom stereocenters. The SMILES string of the molecule is CCc1cc(-c2ccc(C(=O)NC3CCNC3)nn2)cs1. The molecule has 5 nitrogen and oxygen atoms in total. The molecular formula is C15H18N4OS. The van der Waals surface area contributed by atoms with Gasteiger partial charge >= 0.3 is 0 Å². The second-order valence-corrected chi connectivity index (χ2v) is 6.12. The highest BCUT2D eigenvalue weighted by Gasteiger charge is 2.18. The number of nitrogens with one attached hydrogen (secondary N) is 2. The van der Waals surface area contributed by atoms with E-state index in [1.165, 1.54) is 4.88 Å². The summed E-state index contributed by atoms with van der Waals surface area (Å²) >= 11 is 1.72. The molecule has 3 heterocycles. The molecule has 2 N–H and O–H groups in total. The van der Waals surface area contributed by atoms with E-state index in [-0.39, 0.29) is 11.9 Å². The van der Waals surface area contributed by atoms with Crippen LogP contribution >= 0.6 is 11.3 Å². The smallest absolute Gasteiger partial charge is 0.272 e. The van der Waals surface area contributed by atoms with Crippen LogP contribution in [0.15, 0.2) is 23.6 Å². The van der Waals surface area contributed by atoms with Crippen LogP contribution in [0, 0.1) is 0 Å². The van der Waals surface area contributed by atoms with E-state index in [1.807, 2.05) is 6.07 Å². The molecule has 1 fully saturated rings. The van der Waals surface area contributed by atoms with Crippen LogP contribution in [-0.2, 0) is 6.42 Å². The van der Waals surface area contributed by atoms with Crippen molar-refractivity contribution in [1.82, 2.24) is 20.8 Å². The van der Waals surface area contributed by atoms with Crippen molar-refractivity contribution in [2.24, 2.45) is 0 Å². The van der Waals surface area contributed by atoms with Crippen LogP contribution in [0.3, 0.4) is 0 Å². The van der Waals surface area contributed by atoms with E-state index in [0.717, 1.165) is 37.2 Å². The number of hydrogen-bond donors (Lipinski definition) is 2. The monoisotopic (exact) mass is 302 g/mol. The van der Waals surface area contributed by atoms with Crippen LogP contribution in [0.4, 0.5) is 0 Å². The number of aromatic nitrogens is 2. The average molecular weight is 302 g/mol. The first-order chi connectivity index (χ1) is 10.3. The zero-order chi connectivity index (χ0) is 14.7. The van der Waals surface area contributed by atoms with Crippen LogP contribution in [0.2, 0.25) is 0 Å². The van der Waals surface area contributed by atoms with Gasteiger partial charge in [-0.25, -0.2) is 0 Å². The van der Waals surface area contributed by atoms with E-state index < -0.39 is 0 Å². The van der Waals surface area contributed by atoms with Gasteiger partial charge in [0, 0.05) is 28.4 Å². The predicted molar refractivity (Wildman–Crippen MR) is 83.5 cm³/mol. The quantitative estimate of drug-likeness (QED) is 0.904. The maximum atomic E-state index is 12.1. The molecule has 21 heavy (non-hydrogen) atoms. The van der Waals surface area contributed by atoms with Gasteiger partial charge < -0.3 is 10.6 Å². The van der Waals surface area contributed by atoms with E-state index in [1.54, 1.807) is 17.4 Å². The number of rotatable bonds is 4. The van der Waals surface area contributed by atoms with E-state index >= 15 is 0 Å². The number of nitrogens with zero attached hydrogens (tertiary/aromatic N) is 2. The molecule has 2 aromatic rings. The zero-order valence-electron chi connectivity index (χ0n) is 11.9. The second kappa shape index (κ2) is 6.32. The first kappa shape index (κ1) is 14.2. The van der Waals surface area contributed by atoms with Crippen LogP contribution in [0.5, 0.6) is 0 Å². The maximum absolute atomic E-state index is 12.1. The standard InChI is InChI=1S/C15H18N4OS/c1-2-12-7-10(9-21-12)13-3-4-14(19-18-13)15(20)17-11-5-6-16-8-11/h3-4,7,9,11,16H,2,5-6,8H2,1H3,(H,17,20). The molecule has 3 rings (SSSR count). The summed E-state index contributed by atoms with van der Waals surface area (Å²) in [6.07, 6.45) is 1.99. The third-order valence-electron chi connectivity index (χ3n) is 3.59. The molecule has 0 saturated carbocycles. The highest BCUT2D eigenvalue weighted by molar-refractivity contribution is 7.10. The summed E-state index contributed by atoms with van der Waals surface area (Å²) in [5.41, 5.74) is 2.25. The van der Waals surface area contributed by atoms with Crippen LogP contribution in [0.25, 0.3) is 11.3 Å². The van der Waals surface area contributed by atoms with Crippen molar-refractivity contribution < 1.29 is 4.79 Å². The Balaban J connectivity index is 1.69. The van der Waals surface area contributed by atoms with Crippen molar-refractivity contribution in [2.75, 3.05) is 13.1 Å². The van der Waals surface area contributed by atoms with E-state index in [2.05, 4.69) is 39.2 Å². The van der Waals surface area contributed by atoms with E-state index in [9.17, 15) is 4.79 Å². The van der Waals surface area contributed by atoms with Gasteiger partial charge in [-0.3, -0.25) is 4.79 Å². The van der Waals surface area contributed by atoms with Gasteiger partial charge in [0.15, 0.2) is 5.69 Å². The van der Waals surface area contributed by atoms with Crippen molar-refractivity contribution in [3.8, 4) is 11.3 Å². The Bertz CT molecular complexity index is 617. The van der Waals surface area contributed by atoms with Crippen LogP contribution in [-0.4, -0.2) is 35.2 Å². The highest BCUT2D eigenvalue weighted by atomic mass is 32.1. The third kappa shape index (κ3) is 3.28. The zero-order valence-corrected chi connectivity index (χ0v) is 12.7. The van der Waals surface area contributed by atoms with Gasteiger partial charge in [-0.05, 0) is 37.6 Å². The molecule has 0 aromatic carbocycles. The van der Waals surface area contributed by atoms with Gasteiger partial charge in [-0.2, -0.15) is 0 Å². The number of thiophene rings is 1. The second-order valence-electron chi connectivity index (χ2n) is 5.12. The Hall–Kier alpha value is -1.79. The molecule has 6 heteroatoms. The van der Waals surface area contributed by atoms with E-state index in [0.29, 0.717) is 5.69 Å². The maximum Gasteiger partial charge on any atom is 0.272 e. The van der Waals surface area contributed by atoms with Crippen molar-refractivity contribution in [3.05, 3.63) is 34.2 Å². The summed E-state index contributed by atoms with van der Waals surface area (Å²) in [6.45, 7) is 3.91. The molecular weight excluding hydrogens is 284 g/mol. The van der Waals surface area contributed by atoms with Gasteiger partial charge in [-0.1, -0.05) is 6.92 Å². The molecule has 0 aliphatic carbocycles. The van der Waals surface area contributed by atoms with Crippen LogP contribution in [0.1, 0.15) is 28.7 Å². The lowest BCUT2D eigenvalue weighted by atomic mass is 10.2. The van der Waals surface area contributed by atoms with Gasteiger partial charge in [-0.15, -0.1) is 21.5 Å². The fraction of sp³-hybridized carbons (Fsp3) is 0.400. The molecule has 1 aliphatic heterocycles. The minimum atomic E-state index is -0.151. The van der Waals surface area contributed by atoms with Gasteiger partial charge in [0.25, 0.3) is 5.91 Å². The molecule has 1 unspecified atom stereocenters. The summed E-state index contributed by atoms with van der Waals surface area (Å²) in [7, 11) is 0. The molecule has 1 aliphatic rings. The highest BCUT2D eigenvalue weighted by Crippen LogP contribution is 2.23. The Morgan fingerprint density at radius 3 is 3.00 bits per heavy atom. The Morgan fingerprint density at radius 2 is 2.38 bits per heavy atom. The molecule has 1 saturated heterocycles. The Labute approximate surface area is 127 Å². The lowest BCUT2D eigenvalue weighted by Crippen LogP contribution is -2.36. The number of amides is 1. The van der Waals surface area contributed by atoms with Crippen molar-refractivity contribution in [1.29, 1.82) is 0 Å². The van der Waals surface area contributed by atoms with Crippen molar-refractivity contribution in [2.45, 2.75) is 25.8 Å². The minimum absolute atomic E-state index is 0.151. The number of aryl methyl sites for hydroxylation is 1. The Morgan fingerprint density at radius 1 is 1.48 bits per heavy atom. The van der Waals surface area contributed by atoms with Gasteiger partial charge in [0.05, 0.1) is 5.69 Å². The summed E-state index contributed by atoms with van der Waals surface area (Å²) in [5.74, 6) is -0.151. The number of hydrogen-bond acceptors (Lipinski definition) is 5. The molecule has 1 amide bonds. The molecule has 0 bridgehead atoms. The molecule has 0 spiro atoms. The van der Waals surface area contributed by atoms with Gasteiger partial charge in [0.2, 0.25) is 0 Å². The fourth-order valence-corrected chi connectivity index (χ4v) is 3.17. The summed E-state index contributed by atoms with van der Waals surface area (Å²) in [5, 5.41) is 16.5. The lowest BCUT2D eigenvalue weighted by Gasteiger charge is -2.10. The van der Waals surface area contributed by atoms with Crippen LogP contribution < -0.4 is 10.6 Å². The predicted octanol–water partition coefficient (Wildman–Crippen LogP) is 1.86. The lowest BCUT2D eigenvalue weighted by molar-refractivity contribution is 0.0934. The number of carbonyl (C=O) groups excluding carboxylic acids is 1. The largest absolute Gasteiger partial charge is 0.347 e. The molecule has 110 valence electrons. The minimum Gasteiger partial charge on any atom is -0.347 e. The summed E-state index contributed by atoms with van der Waals surface area (Å²) in [6, 6.07) is 5.92. The molecule has 0 radical (unpaired) electrons. The topological polar surface area (TPSA) is 66.9 Å².